The van der Waals surface area contributed by atoms with Gasteiger partial charge in [-0.25, -0.2) is 4.39 Å². The van der Waals surface area contributed by atoms with Crippen molar-refractivity contribution in [3.63, 3.8) is 0 Å². The fraction of sp³-hybridized carbons (Fsp3) is 0.300. The molecule has 0 heterocycles. The second-order valence-corrected chi connectivity index (χ2v) is 6.56. The monoisotopic (exact) mass is 373 g/mol. The minimum absolute atomic E-state index is 0.0153. The molecule has 1 saturated carbocycles. The fourth-order valence-electron chi connectivity index (χ4n) is 3.07. The SMILES string of the molecule is COc1ccccc1Oc1ccc(NC(=O)CC2(C(=O)O)CCC2)cc1F. The predicted molar refractivity (Wildman–Crippen MR) is 96.6 cm³/mol. The number of carboxylic acid groups (broad SMARTS) is 1. The predicted octanol–water partition coefficient (Wildman–Crippen LogP) is 4.21. The number of methoxy groups -OCH3 is 1. The van der Waals surface area contributed by atoms with Crippen LogP contribution in [-0.4, -0.2) is 24.1 Å². The third kappa shape index (κ3) is 4.02. The fourth-order valence-corrected chi connectivity index (χ4v) is 3.07. The molecule has 0 spiro atoms. The van der Waals surface area contributed by atoms with Crippen LogP contribution in [-0.2, 0) is 9.59 Å². The van der Waals surface area contributed by atoms with Crippen molar-refractivity contribution < 1.29 is 28.6 Å². The molecular formula is C20H20FNO5. The molecule has 0 aromatic heterocycles. The highest BCUT2D eigenvalue weighted by molar-refractivity contribution is 5.94. The number of anilines is 1. The summed E-state index contributed by atoms with van der Waals surface area (Å²) in [5.41, 5.74) is -0.750. The highest BCUT2D eigenvalue weighted by atomic mass is 19.1. The van der Waals surface area contributed by atoms with Crippen molar-refractivity contribution in [1.29, 1.82) is 0 Å². The van der Waals surface area contributed by atoms with Crippen LogP contribution in [0.15, 0.2) is 42.5 Å². The van der Waals surface area contributed by atoms with E-state index in [-0.39, 0.29) is 17.9 Å². The molecule has 0 atom stereocenters. The summed E-state index contributed by atoms with van der Waals surface area (Å²) in [6.45, 7) is 0. The van der Waals surface area contributed by atoms with Crippen LogP contribution >= 0.6 is 0 Å². The summed E-state index contributed by atoms with van der Waals surface area (Å²) in [7, 11) is 1.49. The number of para-hydroxylation sites is 2. The third-order valence-corrected chi connectivity index (χ3v) is 4.77. The molecule has 3 rings (SSSR count). The molecule has 2 aromatic carbocycles. The van der Waals surface area contributed by atoms with Crippen molar-refractivity contribution >= 4 is 17.6 Å². The zero-order valence-electron chi connectivity index (χ0n) is 14.8. The average Bonchev–Trinajstić information content (AvgIpc) is 2.60. The number of hydrogen-bond acceptors (Lipinski definition) is 4. The van der Waals surface area contributed by atoms with Crippen molar-refractivity contribution in [1.82, 2.24) is 0 Å². The van der Waals surface area contributed by atoms with Crippen LogP contribution in [0.1, 0.15) is 25.7 Å². The van der Waals surface area contributed by atoms with Crippen molar-refractivity contribution in [2.75, 3.05) is 12.4 Å². The summed E-state index contributed by atoms with van der Waals surface area (Å²) in [6, 6.07) is 10.9. The second kappa shape index (κ2) is 7.65. The molecule has 6 nitrogen and oxygen atoms in total. The maximum atomic E-state index is 14.4. The Labute approximate surface area is 155 Å². The molecule has 0 radical (unpaired) electrons. The molecule has 1 amide bonds. The topological polar surface area (TPSA) is 84.9 Å². The molecule has 1 aliphatic rings. The molecule has 27 heavy (non-hydrogen) atoms. The van der Waals surface area contributed by atoms with Gasteiger partial charge in [-0.3, -0.25) is 9.59 Å². The van der Waals surface area contributed by atoms with E-state index < -0.39 is 23.1 Å². The first kappa shape index (κ1) is 18.7. The van der Waals surface area contributed by atoms with Crippen molar-refractivity contribution in [2.24, 2.45) is 5.41 Å². The largest absolute Gasteiger partial charge is 0.493 e. The van der Waals surface area contributed by atoms with Crippen LogP contribution in [0.4, 0.5) is 10.1 Å². The van der Waals surface area contributed by atoms with E-state index in [9.17, 15) is 19.1 Å². The van der Waals surface area contributed by atoms with Gasteiger partial charge < -0.3 is 19.9 Å². The molecule has 2 N–H and O–H groups in total. The van der Waals surface area contributed by atoms with Gasteiger partial charge in [-0.15, -0.1) is 0 Å². The van der Waals surface area contributed by atoms with Gasteiger partial charge in [0.05, 0.1) is 12.5 Å². The summed E-state index contributed by atoms with van der Waals surface area (Å²) in [6.07, 6.45) is 1.64. The quantitative estimate of drug-likeness (QED) is 0.759. The molecule has 0 bridgehead atoms. The van der Waals surface area contributed by atoms with Gasteiger partial charge in [0.25, 0.3) is 0 Å². The average molecular weight is 373 g/mol. The van der Waals surface area contributed by atoms with E-state index in [4.69, 9.17) is 9.47 Å². The van der Waals surface area contributed by atoms with E-state index in [0.29, 0.717) is 24.3 Å². The van der Waals surface area contributed by atoms with Gasteiger partial charge in [0.15, 0.2) is 23.1 Å². The molecule has 142 valence electrons. The molecule has 0 aliphatic heterocycles. The van der Waals surface area contributed by atoms with Crippen LogP contribution in [0.5, 0.6) is 17.2 Å². The Morgan fingerprint density at radius 3 is 2.41 bits per heavy atom. The summed E-state index contributed by atoms with van der Waals surface area (Å²) in [5.74, 6) is -1.25. The third-order valence-electron chi connectivity index (χ3n) is 4.77. The number of amides is 1. The number of carbonyl (C=O) groups excluding carboxylic acids is 1. The van der Waals surface area contributed by atoms with E-state index in [2.05, 4.69) is 5.32 Å². The Balaban J connectivity index is 1.68. The smallest absolute Gasteiger partial charge is 0.310 e. The number of hydrogen-bond donors (Lipinski definition) is 2. The van der Waals surface area contributed by atoms with Crippen molar-refractivity contribution in [3.05, 3.63) is 48.3 Å². The number of aliphatic carboxylic acids is 1. The number of ether oxygens (including phenoxy) is 2. The van der Waals surface area contributed by atoms with E-state index in [1.165, 1.54) is 19.2 Å². The Bertz CT molecular complexity index is 863. The first-order chi connectivity index (χ1) is 12.9. The highest BCUT2D eigenvalue weighted by Crippen LogP contribution is 2.44. The summed E-state index contributed by atoms with van der Waals surface area (Å²) < 4.78 is 25.1. The normalized spacial score (nSPS) is 14.7. The Hall–Kier alpha value is -3.09. The Morgan fingerprint density at radius 1 is 1.15 bits per heavy atom. The number of halogens is 1. The molecule has 1 fully saturated rings. The van der Waals surface area contributed by atoms with Crippen LogP contribution < -0.4 is 14.8 Å². The maximum absolute atomic E-state index is 14.4. The number of nitrogens with one attached hydrogen (secondary N) is 1. The van der Waals surface area contributed by atoms with Gasteiger partial charge in [0.2, 0.25) is 5.91 Å². The van der Waals surface area contributed by atoms with Gasteiger partial charge in [0.1, 0.15) is 0 Å². The van der Waals surface area contributed by atoms with E-state index >= 15 is 0 Å². The van der Waals surface area contributed by atoms with Gasteiger partial charge in [-0.1, -0.05) is 18.6 Å². The van der Waals surface area contributed by atoms with Crippen molar-refractivity contribution in [3.8, 4) is 17.2 Å². The first-order valence-electron chi connectivity index (χ1n) is 8.57. The molecule has 0 unspecified atom stereocenters. The van der Waals surface area contributed by atoms with Crippen LogP contribution in [0.2, 0.25) is 0 Å². The van der Waals surface area contributed by atoms with Gasteiger partial charge in [0, 0.05) is 18.2 Å². The highest BCUT2D eigenvalue weighted by Gasteiger charge is 2.45. The zero-order chi connectivity index (χ0) is 19.4. The van der Waals surface area contributed by atoms with Crippen molar-refractivity contribution in [2.45, 2.75) is 25.7 Å². The Morgan fingerprint density at radius 2 is 1.85 bits per heavy atom. The van der Waals surface area contributed by atoms with Gasteiger partial charge in [-0.2, -0.15) is 0 Å². The number of carbonyl (C=O) groups is 2. The van der Waals surface area contributed by atoms with E-state index in [1.54, 1.807) is 24.3 Å². The lowest BCUT2D eigenvalue weighted by Crippen LogP contribution is -2.41. The van der Waals surface area contributed by atoms with Crippen LogP contribution in [0, 0.1) is 11.2 Å². The second-order valence-electron chi connectivity index (χ2n) is 6.56. The maximum Gasteiger partial charge on any atom is 0.310 e. The number of rotatable bonds is 7. The van der Waals surface area contributed by atoms with Crippen LogP contribution in [0.25, 0.3) is 0 Å². The number of benzene rings is 2. The minimum Gasteiger partial charge on any atom is -0.493 e. The Kier molecular flexibility index (Phi) is 5.30. The van der Waals surface area contributed by atoms with Crippen LogP contribution in [0.3, 0.4) is 0 Å². The molecular weight excluding hydrogens is 353 g/mol. The lowest BCUT2D eigenvalue weighted by Gasteiger charge is -2.36. The van der Waals surface area contributed by atoms with E-state index in [1.807, 2.05) is 0 Å². The molecule has 1 aliphatic carbocycles. The molecule has 2 aromatic rings. The van der Waals surface area contributed by atoms with Gasteiger partial charge in [-0.05, 0) is 37.1 Å². The van der Waals surface area contributed by atoms with E-state index in [0.717, 1.165) is 12.5 Å². The standard InChI is InChI=1S/C20H20FNO5/c1-26-16-5-2-3-6-17(16)27-15-8-7-13(11-14(15)21)22-18(23)12-20(19(24)25)9-4-10-20/h2-3,5-8,11H,4,9-10,12H2,1H3,(H,22,23)(H,24,25). The lowest BCUT2D eigenvalue weighted by molar-refractivity contribution is -0.157. The first-order valence-corrected chi connectivity index (χ1v) is 8.57. The summed E-state index contributed by atoms with van der Waals surface area (Å²) >= 11 is 0. The minimum atomic E-state index is -0.991. The van der Waals surface area contributed by atoms with Gasteiger partial charge >= 0.3 is 5.97 Å². The number of carboxylic acids is 1. The molecule has 0 saturated heterocycles. The lowest BCUT2D eigenvalue weighted by atomic mass is 9.66. The molecule has 7 heteroatoms. The zero-order valence-corrected chi connectivity index (χ0v) is 14.8. The summed E-state index contributed by atoms with van der Waals surface area (Å²) in [4.78, 5) is 23.5. The summed E-state index contributed by atoms with van der Waals surface area (Å²) in [5, 5.41) is 11.8.